The molecule has 1 heterocycles. The van der Waals surface area contributed by atoms with Crippen LogP contribution in [0.4, 0.5) is 0 Å². The van der Waals surface area contributed by atoms with Gasteiger partial charge in [0, 0.05) is 0 Å². The van der Waals surface area contributed by atoms with E-state index in [0.717, 1.165) is 0 Å². The predicted molar refractivity (Wildman–Crippen MR) is 117 cm³/mol. The van der Waals surface area contributed by atoms with Crippen LogP contribution in [-0.4, -0.2) is 37.7 Å². The van der Waals surface area contributed by atoms with E-state index in [1.807, 2.05) is 13.8 Å². The zero-order valence-corrected chi connectivity index (χ0v) is 18.5. The summed E-state index contributed by atoms with van der Waals surface area (Å²) >= 11 is 0. The minimum Gasteiger partial charge on any atom is -0.548 e. The lowest BCUT2D eigenvalue weighted by atomic mass is 10.0. The highest BCUT2D eigenvalue weighted by Crippen LogP contribution is 2.33. The average Bonchev–Trinajstić information content (AvgIpc) is 3.25. The second-order valence-corrected chi connectivity index (χ2v) is 7.80. The van der Waals surface area contributed by atoms with E-state index in [4.69, 9.17) is 14.2 Å². The molecule has 0 aliphatic carbocycles. The molecule has 2 aromatic carbocycles. The van der Waals surface area contributed by atoms with E-state index >= 15 is 0 Å². The molecule has 9 heteroatoms. The van der Waals surface area contributed by atoms with Crippen molar-refractivity contribution >= 4 is 23.9 Å². The Morgan fingerprint density at radius 1 is 1.12 bits per heavy atom. The van der Waals surface area contributed by atoms with E-state index in [-0.39, 0.29) is 30.4 Å². The molecule has 2 aromatic rings. The number of ether oxygens (including phenoxy) is 3. The van der Waals surface area contributed by atoms with E-state index in [1.165, 1.54) is 13.2 Å². The van der Waals surface area contributed by atoms with Gasteiger partial charge in [0.15, 0.2) is 11.5 Å². The van der Waals surface area contributed by atoms with Gasteiger partial charge in [-0.15, -0.1) is 0 Å². The van der Waals surface area contributed by atoms with Gasteiger partial charge in [0.05, 0.1) is 24.7 Å². The molecule has 2 N–H and O–H groups in total. The number of nitrogens with one attached hydrogen (secondary N) is 2. The summed E-state index contributed by atoms with van der Waals surface area (Å²) in [5.74, 6) is -1.40. The number of hydrogen-bond donors (Lipinski definition) is 2. The Kier molecular flexibility index (Phi) is 7.55. The molecular weight excluding hydrogens is 428 g/mol. The summed E-state index contributed by atoms with van der Waals surface area (Å²) in [6.45, 7) is 3.74. The summed E-state index contributed by atoms with van der Waals surface area (Å²) in [4.78, 5) is 37.5. The maximum absolute atomic E-state index is 13.0. The Hall–Kier alpha value is -4.01. The van der Waals surface area contributed by atoms with Crippen LogP contribution < -0.4 is 30.0 Å². The van der Waals surface area contributed by atoms with Crippen LogP contribution in [-0.2, 0) is 9.59 Å². The third kappa shape index (κ3) is 6.03. The first-order chi connectivity index (χ1) is 15.8. The van der Waals surface area contributed by atoms with E-state index in [0.29, 0.717) is 22.8 Å². The normalized spacial score (nSPS) is 13.4. The van der Waals surface area contributed by atoms with Crippen LogP contribution >= 0.6 is 0 Å². The third-order valence-corrected chi connectivity index (χ3v) is 4.85. The fraction of sp³-hybridized carbons (Fsp3) is 0.292. The summed E-state index contributed by atoms with van der Waals surface area (Å²) < 4.78 is 15.9. The van der Waals surface area contributed by atoms with Gasteiger partial charge in [0.2, 0.25) is 6.79 Å². The maximum atomic E-state index is 13.0. The molecule has 0 saturated carbocycles. The van der Waals surface area contributed by atoms with Crippen molar-refractivity contribution in [3.8, 4) is 17.2 Å². The van der Waals surface area contributed by atoms with Crippen molar-refractivity contribution in [1.29, 1.82) is 0 Å². The summed E-state index contributed by atoms with van der Waals surface area (Å²) in [6, 6.07) is 10.3. The maximum Gasteiger partial charge on any atom is 0.268 e. The second kappa shape index (κ2) is 10.5. The van der Waals surface area contributed by atoms with E-state index < -0.39 is 23.8 Å². The van der Waals surface area contributed by atoms with Gasteiger partial charge in [0.25, 0.3) is 11.8 Å². The zero-order valence-electron chi connectivity index (χ0n) is 18.5. The van der Waals surface area contributed by atoms with Gasteiger partial charge in [-0.25, -0.2) is 0 Å². The smallest absolute Gasteiger partial charge is 0.268 e. The van der Waals surface area contributed by atoms with Crippen molar-refractivity contribution in [2.75, 3.05) is 13.9 Å². The number of rotatable bonds is 9. The number of methoxy groups -OCH3 is 1. The molecule has 9 nitrogen and oxygen atoms in total. The molecule has 0 unspecified atom stereocenters. The van der Waals surface area contributed by atoms with Gasteiger partial charge >= 0.3 is 0 Å². The summed E-state index contributed by atoms with van der Waals surface area (Å²) in [7, 11) is 1.43. The molecule has 174 valence electrons. The molecule has 0 aromatic heterocycles. The minimum absolute atomic E-state index is 0.00217. The Morgan fingerprint density at radius 3 is 2.55 bits per heavy atom. The first kappa shape index (κ1) is 23.6. The van der Waals surface area contributed by atoms with Gasteiger partial charge in [-0.3, -0.25) is 9.59 Å². The number of fused-ring (bicyclic) bond motifs is 1. The molecule has 0 saturated heterocycles. The van der Waals surface area contributed by atoms with Crippen LogP contribution in [0.25, 0.3) is 6.08 Å². The first-order valence-corrected chi connectivity index (χ1v) is 10.4. The van der Waals surface area contributed by atoms with Gasteiger partial charge in [-0.1, -0.05) is 32.0 Å². The Morgan fingerprint density at radius 2 is 1.85 bits per heavy atom. The van der Waals surface area contributed by atoms with Crippen molar-refractivity contribution in [2.45, 2.75) is 26.3 Å². The average molecular weight is 453 g/mol. The molecule has 1 atom stereocenters. The van der Waals surface area contributed by atoms with Gasteiger partial charge in [-0.05, 0) is 48.2 Å². The van der Waals surface area contributed by atoms with Crippen molar-refractivity contribution < 1.29 is 33.7 Å². The van der Waals surface area contributed by atoms with Gasteiger partial charge in [0.1, 0.15) is 11.4 Å². The first-order valence-electron chi connectivity index (χ1n) is 10.4. The molecule has 0 bridgehead atoms. The molecule has 3 rings (SSSR count). The minimum atomic E-state index is -1.41. The van der Waals surface area contributed by atoms with E-state index in [1.54, 1.807) is 42.5 Å². The van der Waals surface area contributed by atoms with Gasteiger partial charge < -0.3 is 34.7 Å². The molecule has 0 radical (unpaired) electrons. The third-order valence-electron chi connectivity index (χ3n) is 4.85. The Bertz CT molecular complexity index is 1080. The number of aliphatic carboxylic acids is 1. The molecule has 1 aliphatic heterocycles. The number of para-hydroxylation sites is 1. The van der Waals surface area contributed by atoms with Crippen molar-refractivity contribution in [3.05, 3.63) is 59.3 Å². The number of amides is 2. The largest absolute Gasteiger partial charge is 0.548 e. The number of carboxylic acid groups (broad SMARTS) is 1. The standard InChI is InChI=1S/C24H26N2O7/c1-14(2)10-18(24(29)30)26-23(28)17(11-15-8-9-20-21(12-15)33-13-32-20)25-22(27)16-6-4-5-7-19(16)31-3/h4-9,11-12,14,18H,10,13H2,1-3H3,(H,25,27)(H,26,28)(H,29,30)/p-1/b17-11-/t18-/m0/s1. The Balaban J connectivity index is 1.92. The van der Waals surface area contributed by atoms with Crippen LogP contribution in [0.15, 0.2) is 48.2 Å². The Labute approximate surface area is 191 Å². The fourth-order valence-electron chi connectivity index (χ4n) is 3.27. The fourth-order valence-corrected chi connectivity index (χ4v) is 3.27. The molecule has 0 fully saturated rings. The number of carboxylic acids is 1. The molecule has 1 aliphatic rings. The SMILES string of the molecule is COc1ccccc1C(=O)N/C(=C\c1ccc2c(c1)OCO2)C(=O)N[C@@H](CC(C)C)C(=O)[O-]. The van der Waals surface area contributed by atoms with Crippen molar-refractivity contribution in [3.63, 3.8) is 0 Å². The number of carbonyl (C=O) groups excluding carboxylic acids is 3. The second-order valence-electron chi connectivity index (χ2n) is 7.80. The molecular formula is C24H25N2O7-. The van der Waals surface area contributed by atoms with Crippen LogP contribution in [0, 0.1) is 5.92 Å². The lowest BCUT2D eigenvalue weighted by Crippen LogP contribution is -2.50. The summed E-state index contributed by atoms with van der Waals surface area (Å²) in [5.41, 5.74) is 0.599. The van der Waals surface area contributed by atoms with Crippen LogP contribution in [0.5, 0.6) is 17.2 Å². The van der Waals surface area contributed by atoms with Crippen LogP contribution in [0.3, 0.4) is 0 Å². The molecule has 33 heavy (non-hydrogen) atoms. The lowest BCUT2D eigenvalue weighted by Gasteiger charge is -2.22. The monoisotopic (exact) mass is 453 g/mol. The van der Waals surface area contributed by atoms with Crippen molar-refractivity contribution in [1.82, 2.24) is 10.6 Å². The zero-order chi connectivity index (χ0) is 24.0. The quantitative estimate of drug-likeness (QED) is 0.551. The number of hydrogen-bond acceptors (Lipinski definition) is 7. The molecule has 2 amide bonds. The predicted octanol–water partition coefficient (Wildman–Crippen LogP) is 1.48. The highest BCUT2D eigenvalue weighted by Gasteiger charge is 2.22. The number of carbonyl (C=O) groups is 3. The van der Waals surface area contributed by atoms with Crippen LogP contribution in [0.2, 0.25) is 0 Å². The van der Waals surface area contributed by atoms with E-state index in [9.17, 15) is 19.5 Å². The highest BCUT2D eigenvalue weighted by atomic mass is 16.7. The molecule has 0 spiro atoms. The summed E-state index contributed by atoms with van der Waals surface area (Å²) in [6.07, 6.45) is 1.60. The lowest BCUT2D eigenvalue weighted by molar-refractivity contribution is -0.308. The number of benzene rings is 2. The summed E-state index contributed by atoms with van der Waals surface area (Å²) in [5, 5.41) is 16.5. The van der Waals surface area contributed by atoms with Gasteiger partial charge in [-0.2, -0.15) is 0 Å². The van der Waals surface area contributed by atoms with E-state index in [2.05, 4.69) is 10.6 Å². The topological polar surface area (TPSA) is 126 Å². The van der Waals surface area contributed by atoms with Crippen molar-refractivity contribution in [2.24, 2.45) is 5.92 Å². The highest BCUT2D eigenvalue weighted by molar-refractivity contribution is 6.07. The van der Waals surface area contributed by atoms with Crippen LogP contribution in [0.1, 0.15) is 36.2 Å².